The first kappa shape index (κ1) is 18.8. The average molecular weight is 412 g/mol. The van der Waals surface area contributed by atoms with E-state index in [1.54, 1.807) is 0 Å². The van der Waals surface area contributed by atoms with Crippen molar-refractivity contribution in [1.29, 1.82) is 0 Å². The zero-order chi connectivity index (χ0) is 20.5. The maximum Gasteiger partial charge on any atom is 0.237 e. The zero-order valence-electron chi connectivity index (χ0n) is 16.7. The van der Waals surface area contributed by atoms with E-state index in [-0.39, 0.29) is 11.9 Å². The molecule has 4 nitrogen and oxygen atoms in total. The van der Waals surface area contributed by atoms with Crippen molar-refractivity contribution >= 4 is 34.3 Å². The molecule has 5 rings (SSSR count). The second-order valence-corrected chi connectivity index (χ2v) is 8.43. The Hall–Kier alpha value is -3.18. The molecule has 2 heterocycles. The van der Waals surface area contributed by atoms with Crippen LogP contribution in [0, 0.1) is 0 Å². The van der Waals surface area contributed by atoms with Gasteiger partial charge in [0.1, 0.15) is 5.03 Å². The number of amides is 1. The Morgan fingerprint density at radius 2 is 1.70 bits per heavy atom. The highest BCUT2D eigenvalue weighted by molar-refractivity contribution is 8.00. The molecule has 1 atom stereocenters. The summed E-state index contributed by atoms with van der Waals surface area (Å²) in [5.41, 5.74) is 4.13. The molecule has 30 heavy (non-hydrogen) atoms. The Morgan fingerprint density at radius 1 is 0.967 bits per heavy atom. The van der Waals surface area contributed by atoms with E-state index in [1.807, 2.05) is 77.7 Å². The molecule has 0 N–H and O–H groups in total. The van der Waals surface area contributed by atoms with Crippen molar-refractivity contribution in [2.75, 3.05) is 10.7 Å². The normalized spacial score (nSPS) is 15.4. The molecule has 0 radical (unpaired) electrons. The van der Waals surface area contributed by atoms with E-state index in [9.17, 15) is 4.79 Å². The van der Waals surface area contributed by atoms with Gasteiger partial charge in [0.25, 0.3) is 0 Å². The molecule has 1 aliphatic heterocycles. The summed E-state index contributed by atoms with van der Waals surface area (Å²) in [6.07, 6.45) is 0.904. The highest BCUT2D eigenvalue weighted by Crippen LogP contribution is 2.34. The molecule has 3 aromatic carbocycles. The van der Waals surface area contributed by atoms with Crippen LogP contribution in [-0.4, -0.2) is 27.7 Å². The summed E-state index contributed by atoms with van der Waals surface area (Å²) in [7, 11) is 0. The summed E-state index contributed by atoms with van der Waals surface area (Å²) >= 11 is 1.49. The SMILES string of the molecule is CC1Cc2ccccc2N1C(=O)CSc1nc(-c2ccccc2)nc2ccccc12. The van der Waals surface area contributed by atoms with Crippen LogP contribution in [0.2, 0.25) is 0 Å². The first-order valence-electron chi connectivity index (χ1n) is 10.1. The van der Waals surface area contributed by atoms with Crippen LogP contribution in [0.3, 0.4) is 0 Å². The minimum Gasteiger partial charge on any atom is -0.308 e. The monoisotopic (exact) mass is 411 g/mol. The molecule has 1 amide bonds. The van der Waals surface area contributed by atoms with Crippen LogP contribution in [0.15, 0.2) is 83.9 Å². The Morgan fingerprint density at radius 3 is 2.57 bits per heavy atom. The molecule has 0 bridgehead atoms. The lowest BCUT2D eigenvalue weighted by atomic mass is 10.1. The van der Waals surface area contributed by atoms with Crippen molar-refractivity contribution in [3.63, 3.8) is 0 Å². The molecule has 1 aromatic heterocycles. The molecular weight excluding hydrogens is 390 g/mol. The van der Waals surface area contributed by atoms with Gasteiger partial charge in [0.15, 0.2) is 5.82 Å². The fourth-order valence-corrected chi connectivity index (χ4v) is 4.90. The molecule has 0 aliphatic carbocycles. The molecule has 1 aliphatic rings. The predicted octanol–water partition coefficient (Wildman–Crippen LogP) is 5.37. The van der Waals surface area contributed by atoms with Crippen LogP contribution >= 0.6 is 11.8 Å². The van der Waals surface area contributed by atoms with E-state index >= 15 is 0 Å². The number of carbonyl (C=O) groups excluding carboxylic acids is 1. The number of benzene rings is 3. The topological polar surface area (TPSA) is 46.1 Å². The molecular formula is C25H21N3OS. The van der Waals surface area contributed by atoms with Gasteiger partial charge in [-0.3, -0.25) is 4.79 Å². The van der Waals surface area contributed by atoms with Crippen LogP contribution in [0.4, 0.5) is 5.69 Å². The van der Waals surface area contributed by atoms with Gasteiger partial charge in [-0.05, 0) is 31.0 Å². The molecule has 4 aromatic rings. The summed E-state index contributed by atoms with van der Waals surface area (Å²) in [5.74, 6) is 1.14. The molecule has 148 valence electrons. The Balaban J connectivity index is 1.45. The van der Waals surface area contributed by atoms with Crippen LogP contribution < -0.4 is 4.90 Å². The standard InChI is InChI=1S/C25H21N3OS/c1-17-15-19-11-5-8-14-22(19)28(17)23(29)16-30-25-20-12-6-7-13-21(20)26-24(27-25)18-9-3-2-4-10-18/h2-14,17H,15-16H2,1H3. The van der Waals surface area contributed by atoms with Crippen molar-refractivity contribution in [3.8, 4) is 11.4 Å². The first-order valence-corrected chi connectivity index (χ1v) is 11.0. The van der Waals surface area contributed by atoms with Gasteiger partial charge < -0.3 is 4.90 Å². The number of thioether (sulfide) groups is 1. The largest absolute Gasteiger partial charge is 0.308 e. The predicted molar refractivity (Wildman–Crippen MR) is 123 cm³/mol. The number of para-hydroxylation sites is 2. The van der Waals surface area contributed by atoms with E-state index < -0.39 is 0 Å². The molecule has 1 unspecified atom stereocenters. The lowest BCUT2D eigenvalue weighted by Gasteiger charge is -2.22. The van der Waals surface area contributed by atoms with Gasteiger partial charge in [-0.1, -0.05) is 78.5 Å². The fraction of sp³-hybridized carbons (Fsp3) is 0.160. The number of fused-ring (bicyclic) bond motifs is 2. The van der Waals surface area contributed by atoms with Crippen LogP contribution in [-0.2, 0) is 11.2 Å². The van der Waals surface area contributed by atoms with Gasteiger partial charge in [-0.15, -0.1) is 0 Å². The Kier molecular flexibility index (Phi) is 4.97. The zero-order valence-corrected chi connectivity index (χ0v) is 17.5. The van der Waals surface area contributed by atoms with Gasteiger partial charge in [-0.25, -0.2) is 9.97 Å². The number of rotatable bonds is 4. The minimum absolute atomic E-state index is 0.112. The summed E-state index contributed by atoms with van der Waals surface area (Å²) in [6, 6.07) is 26.3. The van der Waals surface area contributed by atoms with E-state index in [1.165, 1.54) is 17.3 Å². The molecule has 0 fully saturated rings. The van der Waals surface area contributed by atoms with Crippen molar-refractivity contribution in [3.05, 3.63) is 84.4 Å². The summed E-state index contributed by atoms with van der Waals surface area (Å²) in [5, 5.41) is 1.82. The quantitative estimate of drug-likeness (QED) is 0.335. The lowest BCUT2D eigenvalue weighted by molar-refractivity contribution is -0.116. The second kappa shape index (κ2) is 7.92. The van der Waals surface area contributed by atoms with Crippen LogP contribution in [0.5, 0.6) is 0 Å². The fourth-order valence-electron chi connectivity index (χ4n) is 4.02. The molecule has 5 heteroatoms. The van der Waals surface area contributed by atoms with E-state index in [0.717, 1.165) is 33.6 Å². The van der Waals surface area contributed by atoms with Crippen molar-refractivity contribution < 1.29 is 4.79 Å². The van der Waals surface area contributed by atoms with Gasteiger partial charge in [-0.2, -0.15) is 0 Å². The smallest absolute Gasteiger partial charge is 0.237 e. The lowest BCUT2D eigenvalue weighted by Crippen LogP contribution is -2.37. The number of anilines is 1. The molecule has 0 saturated heterocycles. The van der Waals surface area contributed by atoms with Crippen molar-refractivity contribution in [1.82, 2.24) is 9.97 Å². The Bertz CT molecular complexity index is 1230. The van der Waals surface area contributed by atoms with Crippen molar-refractivity contribution in [2.24, 2.45) is 0 Å². The third kappa shape index (κ3) is 3.46. The summed E-state index contributed by atoms with van der Waals surface area (Å²) in [6.45, 7) is 2.11. The third-order valence-corrected chi connectivity index (χ3v) is 6.38. The summed E-state index contributed by atoms with van der Waals surface area (Å²) in [4.78, 5) is 24.6. The number of carbonyl (C=O) groups is 1. The molecule has 0 spiro atoms. The maximum atomic E-state index is 13.1. The number of nitrogens with zero attached hydrogens (tertiary/aromatic N) is 3. The van der Waals surface area contributed by atoms with E-state index in [4.69, 9.17) is 9.97 Å². The third-order valence-electron chi connectivity index (χ3n) is 5.41. The highest BCUT2D eigenvalue weighted by atomic mass is 32.2. The number of hydrogen-bond donors (Lipinski definition) is 0. The molecule has 0 saturated carbocycles. The van der Waals surface area contributed by atoms with Gasteiger partial charge in [0.05, 0.1) is 11.3 Å². The maximum absolute atomic E-state index is 13.1. The summed E-state index contributed by atoms with van der Waals surface area (Å²) < 4.78 is 0. The number of hydrogen-bond acceptors (Lipinski definition) is 4. The van der Waals surface area contributed by atoms with Gasteiger partial charge in [0.2, 0.25) is 5.91 Å². The second-order valence-electron chi connectivity index (χ2n) is 7.47. The van der Waals surface area contributed by atoms with E-state index in [2.05, 4.69) is 13.0 Å². The minimum atomic E-state index is 0.112. The van der Waals surface area contributed by atoms with Crippen LogP contribution in [0.1, 0.15) is 12.5 Å². The average Bonchev–Trinajstić information content (AvgIpc) is 3.13. The first-order chi connectivity index (χ1) is 14.7. The number of aromatic nitrogens is 2. The van der Waals surface area contributed by atoms with Crippen molar-refractivity contribution in [2.45, 2.75) is 24.4 Å². The van der Waals surface area contributed by atoms with Crippen LogP contribution in [0.25, 0.3) is 22.3 Å². The highest BCUT2D eigenvalue weighted by Gasteiger charge is 2.30. The van der Waals surface area contributed by atoms with E-state index in [0.29, 0.717) is 11.6 Å². The van der Waals surface area contributed by atoms with Gasteiger partial charge >= 0.3 is 0 Å². The Labute approximate surface area is 180 Å². The van der Waals surface area contributed by atoms with Gasteiger partial charge in [0, 0.05) is 22.7 Å².